The first-order valence-corrected chi connectivity index (χ1v) is 16.7. The molecule has 0 aliphatic carbocycles. The predicted octanol–water partition coefficient (Wildman–Crippen LogP) is 13.0. The minimum absolute atomic E-state index is 0.882. The van der Waals surface area contributed by atoms with Crippen LogP contribution < -0.4 is 4.90 Å². The molecule has 0 radical (unpaired) electrons. The van der Waals surface area contributed by atoms with Gasteiger partial charge in [-0.15, -0.1) is 0 Å². The van der Waals surface area contributed by atoms with Gasteiger partial charge in [0.25, 0.3) is 0 Å². The van der Waals surface area contributed by atoms with Crippen LogP contribution >= 0.6 is 0 Å². The summed E-state index contributed by atoms with van der Waals surface area (Å²) >= 11 is 0. The standard InChI is InChI=1S/C46H30N2O/c1-4-17-32(18-5-1)47(33-19-6-2-7-20-33)35-27-28-38-40(29-35)48(34-21-8-3-9-22-34)41-30-43-45(39-24-12-13-26-42(39)49-43)46(44(38)41)37-25-14-16-31-15-10-11-23-36(31)37/h1-30H. The zero-order chi connectivity index (χ0) is 32.3. The summed E-state index contributed by atoms with van der Waals surface area (Å²) in [7, 11) is 0. The zero-order valence-corrected chi connectivity index (χ0v) is 26.6. The molecule has 0 unspecified atom stereocenters. The Bertz CT molecular complexity index is 2770. The van der Waals surface area contributed by atoms with Crippen LogP contribution in [0.2, 0.25) is 0 Å². The number of hydrogen-bond acceptors (Lipinski definition) is 2. The fraction of sp³-hybridized carbons (Fsp3) is 0. The van der Waals surface area contributed by atoms with E-state index in [9.17, 15) is 0 Å². The van der Waals surface area contributed by atoms with Gasteiger partial charge in [-0.1, -0.05) is 121 Å². The summed E-state index contributed by atoms with van der Waals surface area (Å²) in [6.45, 7) is 0. The van der Waals surface area contributed by atoms with E-state index >= 15 is 0 Å². The Labute approximate surface area is 283 Å². The van der Waals surface area contributed by atoms with Crippen molar-refractivity contribution < 1.29 is 4.42 Å². The highest BCUT2D eigenvalue weighted by Crippen LogP contribution is 2.48. The van der Waals surface area contributed by atoms with Gasteiger partial charge < -0.3 is 13.9 Å². The van der Waals surface area contributed by atoms with E-state index < -0.39 is 0 Å². The Balaban J connectivity index is 1.38. The van der Waals surface area contributed by atoms with Crippen LogP contribution in [-0.4, -0.2) is 4.57 Å². The van der Waals surface area contributed by atoms with E-state index in [0.717, 1.165) is 55.7 Å². The quantitative estimate of drug-likeness (QED) is 0.190. The normalized spacial score (nSPS) is 11.7. The van der Waals surface area contributed by atoms with E-state index in [0.29, 0.717) is 0 Å². The van der Waals surface area contributed by atoms with Crippen LogP contribution in [0.5, 0.6) is 0 Å². The number of hydrogen-bond donors (Lipinski definition) is 0. The summed E-state index contributed by atoms with van der Waals surface area (Å²) in [5.41, 5.74) is 10.8. The number of benzene rings is 8. The van der Waals surface area contributed by atoms with Crippen molar-refractivity contribution in [1.29, 1.82) is 0 Å². The topological polar surface area (TPSA) is 21.3 Å². The number of aromatic nitrogens is 1. The van der Waals surface area contributed by atoms with Crippen molar-refractivity contribution in [3.05, 3.63) is 182 Å². The molecule has 0 saturated carbocycles. The molecule has 0 amide bonds. The molecule has 230 valence electrons. The summed E-state index contributed by atoms with van der Waals surface area (Å²) in [4.78, 5) is 2.33. The number of rotatable bonds is 5. The molecule has 0 fully saturated rings. The summed E-state index contributed by atoms with van der Waals surface area (Å²) in [5, 5.41) is 7.12. The number of nitrogens with zero attached hydrogens (tertiary/aromatic N) is 2. The van der Waals surface area contributed by atoms with Crippen LogP contribution in [0.15, 0.2) is 186 Å². The molecule has 0 atom stereocenters. The molecule has 3 nitrogen and oxygen atoms in total. The summed E-state index contributed by atoms with van der Waals surface area (Å²) in [6.07, 6.45) is 0. The fourth-order valence-electron chi connectivity index (χ4n) is 7.68. The van der Waals surface area contributed by atoms with E-state index in [1.165, 1.54) is 32.7 Å². The zero-order valence-electron chi connectivity index (χ0n) is 26.6. The maximum atomic E-state index is 6.68. The van der Waals surface area contributed by atoms with Gasteiger partial charge in [0.2, 0.25) is 0 Å². The molecule has 3 heteroatoms. The van der Waals surface area contributed by atoms with Crippen molar-refractivity contribution >= 4 is 71.6 Å². The van der Waals surface area contributed by atoms with Crippen molar-refractivity contribution in [1.82, 2.24) is 4.57 Å². The highest BCUT2D eigenvalue weighted by molar-refractivity contribution is 6.29. The number of fused-ring (bicyclic) bond motifs is 7. The van der Waals surface area contributed by atoms with Gasteiger partial charge >= 0.3 is 0 Å². The Morgan fingerprint density at radius 2 is 1.04 bits per heavy atom. The van der Waals surface area contributed by atoms with Crippen molar-refractivity contribution in [2.45, 2.75) is 0 Å². The highest BCUT2D eigenvalue weighted by atomic mass is 16.3. The first kappa shape index (κ1) is 27.5. The Morgan fingerprint density at radius 1 is 0.408 bits per heavy atom. The van der Waals surface area contributed by atoms with Crippen LogP contribution in [0.1, 0.15) is 0 Å². The summed E-state index contributed by atoms with van der Waals surface area (Å²) in [5.74, 6) is 0. The smallest absolute Gasteiger partial charge is 0.138 e. The SMILES string of the molecule is c1ccc(N(c2ccccc2)c2ccc3c4c(-c5cccc6ccccc56)c5c(cc4n(-c4ccccc4)c3c2)oc2ccccc25)cc1. The molecule has 10 aromatic rings. The minimum atomic E-state index is 0.882. The Hall–Kier alpha value is -6.58. The van der Waals surface area contributed by atoms with E-state index in [1.54, 1.807) is 0 Å². The molecule has 8 aromatic carbocycles. The maximum Gasteiger partial charge on any atom is 0.138 e. The van der Waals surface area contributed by atoms with Crippen molar-refractivity contribution in [2.24, 2.45) is 0 Å². The van der Waals surface area contributed by atoms with E-state index in [1.807, 2.05) is 6.07 Å². The second-order valence-corrected chi connectivity index (χ2v) is 12.5. The second kappa shape index (κ2) is 11.0. The second-order valence-electron chi connectivity index (χ2n) is 12.5. The van der Waals surface area contributed by atoms with Gasteiger partial charge in [0.15, 0.2) is 0 Å². The molecule has 0 saturated heterocycles. The van der Waals surface area contributed by atoms with E-state index in [2.05, 4.69) is 185 Å². The lowest BCUT2D eigenvalue weighted by Gasteiger charge is -2.25. The van der Waals surface area contributed by atoms with Crippen molar-refractivity contribution in [2.75, 3.05) is 4.90 Å². The largest absolute Gasteiger partial charge is 0.456 e. The highest BCUT2D eigenvalue weighted by Gasteiger charge is 2.24. The van der Waals surface area contributed by atoms with Crippen LogP contribution in [0, 0.1) is 0 Å². The molecule has 49 heavy (non-hydrogen) atoms. The molecule has 10 rings (SSSR count). The van der Waals surface area contributed by atoms with Gasteiger partial charge in [0.05, 0.1) is 11.0 Å². The summed E-state index contributed by atoms with van der Waals surface area (Å²) < 4.78 is 9.08. The average molecular weight is 627 g/mol. The number of furan rings is 1. The Kier molecular flexibility index (Phi) is 6.18. The average Bonchev–Trinajstić information content (AvgIpc) is 3.70. The molecule has 0 bridgehead atoms. The van der Waals surface area contributed by atoms with Gasteiger partial charge in [-0.05, 0) is 70.9 Å². The van der Waals surface area contributed by atoms with Gasteiger partial charge in [-0.2, -0.15) is 0 Å². The van der Waals surface area contributed by atoms with Crippen molar-refractivity contribution in [3.8, 4) is 16.8 Å². The minimum Gasteiger partial charge on any atom is -0.456 e. The Morgan fingerprint density at radius 3 is 1.80 bits per heavy atom. The van der Waals surface area contributed by atoms with Gasteiger partial charge in [0, 0.05) is 55.9 Å². The molecule has 2 aromatic heterocycles. The third kappa shape index (κ3) is 4.29. The summed E-state index contributed by atoms with van der Waals surface area (Å²) in [6, 6.07) is 64.8. The van der Waals surface area contributed by atoms with Gasteiger partial charge in [0.1, 0.15) is 11.2 Å². The molecular weight excluding hydrogens is 597 g/mol. The first-order valence-electron chi connectivity index (χ1n) is 16.7. The van der Waals surface area contributed by atoms with Crippen LogP contribution in [0.3, 0.4) is 0 Å². The van der Waals surface area contributed by atoms with Crippen LogP contribution in [0.25, 0.3) is 71.3 Å². The molecule has 0 N–H and O–H groups in total. The molecular formula is C46H30N2O. The molecule has 0 aliphatic rings. The third-order valence-corrected chi connectivity index (χ3v) is 9.74. The molecule has 2 heterocycles. The van der Waals surface area contributed by atoms with E-state index in [-0.39, 0.29) is 0 Å². The number of para-hydroxylation sites is 4. The number of anilines is 3. The third-order valence-electron chi connectivity index (χ3n) is 9.74. The fourth-order valence-corrected chi connectivity index (χ4v) is 7.68. The van der Waals surface area contributed by atoms with E-state index in [4.69, 9.17) is 4.42 Å². The molecule has 0 spiro atoms. The lowest BCUT2D eigenvalue weighted by atomic mass is 9.91. The lowest BCUT2D eigenvalue weighted by molar-refractivity contribution is 0.669. The van der Waals surface area contributed by atoms with Gasteiger partial charge in [-0.25, -0.2) is 0 Å². The predicted molar refractivity (Wildman–Crippen MR) is 206 cm³/mol. The van der Waals surface area contributed by atoms with Crippen molar-refractivity contribution in [3.63, 3.8) is 0 Å². The van der Waals surface area contributed by atoms with Crippen LogP contribution in [0.4, 0.5) is 17.1 Å². The van der Waals surface area contributed by atoms with Gasteiger partial charge in [-0.3, -0.25) is 0 Å². The monoisotopic (exact) mass is 626 g/mol. The van der Waals surface area contributed by atoms with Crippen LogP contribution in [-0.2, 0) is 0 Å². The maximum absolute atomic E-state index is 6.68. The molecule has 0 aliphatic heterocycles. The first-order chi connectivity index (χ1) is 24.3. The lowest BCUT2D eigenvalue weighted by Crippen LogP contribution is -2.09.